The Morgan fingerprint density at radius 1 is 1.40 bits per heavy atom. The molecule has 0 bridgehead atoms. The van der Waals surface area contributed by atoms with Crippen LogP contribution in [0.5, 0.6) is 5.75 Å². The lowest BCUT2D eigenvalue weighted by molar-refractivity contribution is 0.205. The van der Waals surface area contributed by atoms with E-state index in [0.29, 0.717) is 11.9 Å². The molecule has 84 valence electrons. The molecule has 15 heavy (non-hydrogen) atoms. The molecule has 0 saturated carbocycles. The van der Waals surface area contributed by atoms with Crippen LogP contribution in [0.25, 0.3) is 0 Å². The summed E-state index contributed by atoms with van der Waals surface area (Å²) in [7, 11) is 3.88. The SMILES string of the molecule is CN(C)Cc1cc(C(O)CBr)ccc1O. The number of benzene rings is 1. The highest BCUT2D eigenvalue weighted by Crippen LogP contribution is 2.24. The van der Waals surface area contributed by atoms with Crippen molar-refractivity contribution in [2.24, 2.45) is 0 Å². The molecule has 0 aliphatic carbocycles. The van der Waals surface area contributed by atoms with Crippen LogP contribution in [0.1, 0.15) is 17.2 Å². The molecule has 0 saturated heterocycles. The first-order valence-corrected chi connectivity index (χ1v) is 5.87. The van der Waals surface area contributed by atoms with E-state index < -0.39 is 6.10 Å². The number of hydrogen-bond donors (Lipinski definition) is 2. The Labute approximate surface area is 98.5 Å². The first-order chi connectivity index (χ1) is 7.04. The fraction of sp³-hybridized carbons (Fsp3) is 0.455. The van der Waals surface area contributed by atoms with Crippen molar-refractivity contribution in [2.75, 3.05) is 19.4 Å². The van der Waals surface area contributed by atoms with E-state index in [0.717, 1.165) is 11.1 Å². The highest BCUT2D eigenvalue weighted by Gasteiger charge is 2.09. The van der Waals surface area contributed by atoms with Crippen LogP contribution in [-0.2, 0) is 6.54 Å². The molecule has 0 radical (unpaired) electrons. The maximum absolute atomic E-state index is 9.64. The average molecular weight is 274 g/mol. The molecule has 2 N–H and O–H groups in total. The van der Waals surface area contributed by atoms with Crippen molar-refractivity contribution in [3.63, 3.8) is 0 Å². The molecule has 4 heteroatoms. The number of aliphatic hydroxyl groups is 1. The summed E-state index contributed by atoms with van der Waals surface area (Å²) in [6.07, 6.45) is -0.522. The summed E-state index contributed by atoms with van der Waals surface area (Å²) >= 11 is 3.22. The monoisotopic (exact) mass is 273 g/mol. The third kappa shape index (κ3) is 3.48. The molecule has 1 unspecified atom stereocenters. The predicted molar refractivity (Wildman–Crippen MR) is 64.3 cm³/mol. The van der Waals surface area contributed by atoms with Gasteiger partial charge in [0.05, 0.1) is 6.10 Å². The van der Waals surface area contributed by atoms with Crippen LogP contribution in [-0.4, -0.2) is 34.5 Å². The number of alkyl halides is 1. The van der Waals surface area contributed by atoms with Crippen molar-refractivity contribution in [1.82, 2.24) is 4.90 Å². The van der Waals surface area contributed by atoms with E-state index in [1.54, 1.807) is 12.1 Å². The van der Waals surface area contributed by atoms with Crippen LogP contribution >= 0.6 is 15.9 Å². The van der Waals surface area contributed by atoms with Gasteiger partial charge in [0.15, 0.2) is 0 Å². The average Bonchev–Trinajstić information content (AvgIpc) is 2.19. The van der Waals surface area contributed by atoms with Gasteiger partial charge in [0, 0.05) is 17.4 Å². The number of rotatable bonds is 4. The molecule has 0 amide bonds. The lowest BCUT2D eigenvalue weighted by Crippen LogP contribution is -2.11. The van der Waals surface area contributed by atoms with E-state index in [-0.39, 0.29) is 5.75 Å². The molecule has 0 heterocycles. The smallest absolute Gasteiger partial charge is 0.120 e. The maximum Gasteiger partial charge on any atom is 0.120 e. The second kappa shape index (κ2) is 5.49. The van der Waals surface area contributed by atoms with E-state index in [1.807, 2.05) is 25.1 Å². The second-order valence-electron chi connectivity index (χ2n) is 3.80. The molecule has 1 atom stereocenters. The highest BCUT2D eigenvalue weighted by atomic mass is 79.9. The molecule has 0 aliphatic rings. The number of phenolic OH excluding ortho intramolecular Hbond substituents is 1. The van der Waals surface area contributed by atoms with Crippen molar-refractivity contribution in [3.8, 4) is 5.75 Å². The Bertz CT molecular complexity index is 328. The van der Waals surface area contributed by atoms with Gasteiger partial charge in [-0.2, -0.15) is 0 Å². The van der Waals surface area contributed by atoms with Gasteiger partial charge in [-0.25, -0.2) is 0 Å². The standard InChI is InChI=1S/C11H16BrNO2/c1-13(2)7-9-5-8(11(15)6-12)3-4-10(9)14/h3-5,11,14-15H,6-7H2,1-2H3. The topological polar surface area (TPSA) is 43.7 Å². The molecule has 0 aromatic heterocycles. The fourth-order valence-corrected chi connectivity index (χ4v) is 1.74. The molecule has 1 rings (SSSR count). The summed E-state index contributed by atoms with van der Waals surface area (Å²) in [5.41, 5.74) is 1.65. The molecule has 0 fully saturated rings. The third-order valence-corrected chi connectivity index (χ3v) is 2.73. The van der Waals surface area contributed by atoms with Crippen LogP contribution in [0.3, 0.4) is 0 Å². The van der Waals surface area contributed by atoms with Crippen molar-refractivity contribution < 1.29 is 10.2 Å². The zero-order valence-corrected chi connectivity index (χ0v) is 10.5. The van der Waals surface area contributed by atoms with Crippen molar-refractivity contribution in [2.45, 2.75) is 12.6 Å². The summed E-state index contributed by atoms with van der Waals surface area (Å²) in [4.78, 5) is 1.97. The van der Waals surface area contributed by atoms with Gasteiger partial charge < -0.3 is 15.1 Å². The Hall–Kier alpha value is -0.580. The van der Waals surface area contributed by atoms with Gasteiger partial charge >= 0.3 is 0 Å². The van der Waals surface area contributed by atoms with E-state index in [9.17, 15) is 10.2 Å². The lowest BCUT2D eigenvalue weighted by Gasteiger charge is -2.14. The quantitative estimate of drug-likeness (QED) is 0.824. The van der Waals surface area contributed by atoms with E-state index in [2.05, 4.69) is 15.9 Å². The maximum atomic E-state index is 9.64. The minimum absolute atomic E-state index is 0.272. The normalized spacial score (nSPS) is 13.1. The Morgan fingerprint density at radius 2 is 2.07 bits per heavy atom. The van der Waals surface area contributed by atoms with Gasteiger partial charge in [0.1, 0.15) is 5.75 Å². The van der Waals surface area contributed by atoms with E-state index in [4.69, 9.17) is 0 Å². The first-order valence-electron chi connectivity index (χ1n) is 4.75. The van der Waals surface area contributed by atoms with Crippen LogP contribution in [0.15, 0.2) is 18.2 Å². The molecule has 0 aliphatic heterocycles. The molecule has 3 nitrogen and oxygen atoms in total. The zero-order valence-electron chi connectivity index (χ0n) is 8.94. The van der Waals surface area contributed by atoms with E-state index >= 15 is 0 Å². The van der Waals surface area contributed by atoms with Gasteiger partial charge in [-0.05, 0) is 31.8 Å². The number of aromatic hydroxyl groups is 1. The molecule has 1 aromatic carbocycles. The first kappa shape index (κ1) is 12.5. The summed E-state index contributed by atoms with van der Waals surface area (Å²) in [6, 6.07) is 5.20. The number of aliphatic hydroxyl groups excluding tert-OH is 1. The Morgan fingerprint density at radius 3 is 2.60 bits per heavy atom. The van der Waals surface area contributed by atoms with Crippen LogP contribution in [0.4, 0.5) is 0 Å². The van der Waals surface area contributed by atoms with Crippen LogP contribution in [0.2, 0.25) is 0 Å². The summed E-state index contributed by atoms with van der Waals surface area (Å²) < 4.78 is 0. The summed E-state index contributed by atoms with van der Waals surface area (Å²) in [5.74, 6) is 0.272. The summed E-state index contributed by atoms with van der Waals surface area (Å²) in [6.45, 7) is 0.661. The van der Waals surface area contributed by atoms with Gasteiger partial charge in [0.2, 0.25) is 0 Å². The second-order valence-corrected chi connectivity index (χ2v) is 4.44. The van der Waals surface area contributed by atoms with Gasteiger partial charge in [0.25, 0.3) is 0 Å². The predicted octanol–water partition coefficient (Wildman–Crippen LogP) is 1.88. The van der Waals surface area contributed by atoms with Crippen molar-refractivity contribution in [1.29, 1.82) is 0 Å². The molecular formula is C11H16BrNO2. The number of halogens is 1. The molecule has 1 aromatic rings. The minimum Gasteiger partial charge on any atom is -0.508 e. The summed E-state index contributed by atoms with van der Waals surface area (Å²) in [5, 5.41) is 19.8. The third-order valence-electron chi connectivity index (χ3n) is 2.12. The number of hydrogen-bond acceptors (Lipinski definition) is 3. The van der Waals surface area contributed by atoms with Crippen LogP contribution < -0.4 is 0 Å². The van der Waals surface area contributed by atoms with E-state index in [1.165, 1.54) is 0 Å². The Kier molecular flexibility index (Phi) is 4.57. The Balaban J connectivity index is 2.94. The molecular weight excluding hydrogens is 258 g/mol. The molecule has 0 spiro atoms. The number of nitrogens with zero attached hydrogens (tertiary/aromatic N) is 1. The number of phenols is 1. The van der Waals surface area contributed by atoms with Gasteiger partial charge in [-0.3, -0.25) is 0 Å². The van der Waals surface area contributed by atoms with Crippen LogP contribution in [0, 0.1) is 0 Å². The highest BCUT2D eigenvalue weighted by molar-refractivity contribution is 9.09. The minimum atomic E-state index is -0.522. The van der Waals surface area contributed by atoms with Gasteiger partial charge in [-0.15, -0.1) is 0 Å². The van der Waals surface area contributed by atoms with Crippen molar-refractivity contribution in [3.05, 3.63) is 29.3 Å². The lowest BCUT2D eigenvalue weighted by atomic mass is 10.1. The van der Waals surface area contributed by atoms with Gasteiger partial charge in [-0.1, -0.05) is 22.0 Å². The fourth-order valence-electron chi connectivity index (χ4n) is 1.37. The zero-order chi connectivity index (χ0) is 11.4. The van der Waals surface area contributed by atoms with Crippen molar-refractivity contribution >= 4 is 15.9 Å². The largest absolute Gasteiger partial charge is 0.508 e.